The van der Waals surface area contributed by atoms with Crippen LogP contribution in [0.3, 0.4) is 0 Å². The number of hydrogen-bond acceptors (Lipinski definition) is 2. The molecular formula is C11H8INO2. The molecule has 0 unspecified atom stereocenters. The molecule has 1 aromatic rings. The van der Waals surface area contributed by atoms with Crippen LogP contribution in [-0.4, -0.2) is 24.1 Å². The van der Waals surface area contributed by atoms with Gasteiger partial charge in [0, 0.05) is 15.2 Å². The van der Waals surface area contributed by atoms with E-state index < -0.39 is 0 Å². The molecular weight excluding hydrogens is 305 g/mol. The lowest BCUT2D eigenvalue weighted by Gasteiger charge is -2.00. The van der Waals surface area contributed by atoms with Crippen molar-refractivity contribution in [3.63, 3.8) is 0 Å². The van der Waals surface area contributed by atoms with Crippen LogP contribution in [0.5, 0.6) is 0 Å². The molecule has 15 heavy (non-hydrogen) atoms. The molecule has 76 valence electrons. The van der Waals surface area contributed by atoms with Gasteiger partial charge in [-0.25, -0.2) is 9.69 Å². The third kappa shape index (κ3) is 2.42. The van der Waals surface area contributed by atoms with Crippen LogP contribution in [0.15, 0.2) is 24.3 Å². The molecule has 2 rings (SSSR count). The Labute approximate surface area is 102 Å². The summed E-state index contributed by atoms with van der Waals surface area (Å²) < 4.78 is 5.85. The average Bonchev–Trinajstić information content (AvgIpc) is 2.63. The van der Waals surface area contributed by atoms with Gasteiger partial charge in [0.1, 0.15) is 6.61 Å². The zero-order valence-corrected chi connectivity index (χ0v) is 10.0. The summed E-state index contributed by atoms with van der Waals surface area (Å²) in [4.78, 5) is 12.5. The van der Waals surface area contributed by atoms with Gasteiger partial charge in [-0.05, 0) is 40.6 Å². The molecule has 1 saturated heterocycles. The van der Waals surface area contributed by atoms with Crippen LogP contribution in [0.1, 0.15) is 5.56 Å². The number of halogens is 1. The Morgan fingerprint density at radius 1 is 1.40 bits per heavy atom. The summed E-state index contributed by atoms with van der Waals surface area (Å²) in [6, 6.07) is 10.6. The second-order valence-electron chi connectivity index (χ2n) is 2.98. The predicted molar refractivity (Wildman–Crippen MR) is 64.1 cm³/mol. The van der Waals surface area contributed by atoms with E-state index in [1.54, 1.807) is 0 Å². The van der Waals surface area contributed by atoms with E-state index in [-0.39, 0.29) is 6.09 Å². The van der Waals surface area contributed by atoms with E-state index >= 15 is 0 Å². The Balaban J connectivity index is 2.18. The number of cyclic esters (lactones) is 1. The highest BCUT2D eigenvalue weighted by Gasteiger charge is 2.19. The van der Waals surface area contributed by atoms with E-state index in [0.717, 1.165) is 9.13 Å². The molecule has 0 spiro atoms. The SMILES string of the molecule is O=C1OCCN1C#Cc1ccccc1I. The first kappa shape index (κ1) is 10.3. The van der Waals surface area contributed by atoms with E-state index in [4.69, 9.17) is 4.74 Å². The average molecular weight is 313 g/mol. The van der Waals surface area contributed by atoms with E-state index in [1.165, 1.54) is 4.90 Å². The maximum atomic E-state index is 11.1. The van der Waals surface area contributed by atoms with Gasteiger partial charge in [-0.15, -0.1) is 0 Å². The molecule has 1 fully saturated rings. The number of amides is 1. The van der Waals surface area contributed by atoms with Gasteiger partial charge in [-0.2, -0.15) is 0 Å². The van der Waals surface area contributed by atoms with Crippen LogP contribution in [0.2, 0.25) is 0 Å². The third-order valence-electron chi connectivity index (χ3n) is 1.96. The van der Waals surface area contributed by atoms with Crippen molar-refractivity contribution in [3.8, 4) is 12.0 Å². The van der Waals surface area contributed by atoms with Gasteiger partial charge in [-0.1, -0.05) is 12.1 Å². The molecule has 1 amide bonds. The first-order chi connectivity index (χ1) is 7.27. The fraction of sp³-hybridized carbons (Fsp3) is 0.182. The molecule has 4 heteroatoms. The Hall–Kier alpha value is -1.22. The van der Waals surface area contributed by atoms with Gasteiger partial charge in [0.15, 0.2) is 0 Å². The number of ether oxygens (including phenoxy) is 1. The van der Waals surface area contributed by atoms with Crippen LogP contribution >= 0.6 is 22.6 Å². The minimum atomic E-state index is -0.353. The maximum absolute atomic E-state index is 11.1. The highest BCUT2D eigenvalue weighted by atomic mass is 127. The quantitative estimate of drug-likeness (QED) is 0.542. The number of hydrogen-bond donors (Lipinski definition) is 0. The maximum Gasteiger partial charge on any atom is 0.421 e. The molecule has 0 N–H and O–H groups in total. The normalized spacial score (nSPS) is 14.5. The summed E-state index contributed by atoms with van der Waals surface area (Å²) in [7, 11) is 0. The van der Waals surface area contributed by atoms with Crippen LogP contribution < -0.4 is 0 Å². The smallest absolute Gasteiger partial charge is 0.421 e. The molecule has 1 aliphatic rings. The van der Waals surface area contributed by atoms with E-state index in [0.29, 0.717) is 13.2 Å². The summed E-state index contributed by atoms with van der Waals surface area (Å²) in [5.41, 5.74) is 0.929. The first-order valence-electron chi connectivity index (χ1n) is 4.48. The highest BCUT2D eigenvalue weighted by molar-refractivity contribution is 14.1. The van der Waals surface area contributed by atoms with Gasteiger partial charge in [0.2, 0.25) is 0 Å². The number of benzene rings is 1. The van der Waals surface area contributed by atoms with Crippen LogP contribution in [0, 0.1) is 15.5 Å². The number of carbonyl (C=O) groups is 1. The van der Waals surface area contributed by atoms with Gasteiger partial charge in [0.25, 0.3) is 0 Å². The fourth-order valence-electron chi connectivity index (χ4n) is 1.19. The van der Waals surface area contributed by atoms with Gasteiger partial charge >= 0.3 is 6.09 Å². The van der Waals surface area contributed by atoms with Crippen molar-refractivity contribution < 1.29 is 9.53 Å². The second-order valence-corrected chi connectivity index (χ2v) is 4.14. The standard InChI is InChI=1S/C11H8INO2/c12-10-4-2-1-3-9(10)5-6-13-7-8-15-11(13)14/h1-4H,7-8H2. The lowest BCUT2D eigenvalue weighted by atomic mass is 10.2. The molecule has 1 heterocycles. The Morgan fingerprint density at radius 3 is 2.87 bits per heavy atom. The molecule has 1 aliphatic heterocycles. The Kier molecular flexibility index (Phi) is 3.11. The minimum Gasteiger partial charge on any atom is -0.447 e. The zero-order valence-electron chi connectivity index (χ0n) is 7.87. The van der Waals surface area contributed by atoms with Crippen LogP contribution in [0.25, 0.3) is 0 Å². The fourth-order valence-corrected chi connectivity index (χ4v) is 1.71. The predicted octanol–water partition coefficient (Wildman–Crippen LogP) is 2.05. The first-order valence-corrected chi connectivity index (χ1v) is 5.56. The third-order valence-corrected chi connectivity index (χ3v) is 2.90. The summed E-state index contributed by atoms with van der Waals surface area (Å²) in [5, 5.41) is 0. The summed E-state index contributed by atoms with van der Waals surface area (Å²) in [6.45, 7) is 0.981. The largest absolute Gasteiger partial charge is 0.447 e. The van der Waals surface area contributed by atoms with Gasteiger partial charge in [0.05, 0.1) is 6.54 Å². The lowest BCUT2D eigenvalue weighted by Crippen LogP contribution is -2.17. The number of rotatable bonds is 0. The number of carbonyl (C=O) groups excluding carboxylic acids is 1. The lowest BCUT2D eigenvalue weighted by molar-refractivity contribution is 0.167. The second kappa shape index (κ2) is 4.53. The molecule has 0 atom stereocenters. The van der Waals surface area contributed by atoms with E-state index in [1.807, 2.05) is 24.3 Å². The van der Waals surface area contributed by atoms with Gasteiger partial charge < -0.3 is 4.74 Å². The summed E-state index contributed by atoms with van der Waals surface area (Å²) in [5.74, 6) is 2.95. The van der Waals surface area contributed by atoms with Gasteiger partial charge in [-0.3, -0.25) is 0 Å². The molecule has 0 aromatic heterocycles. The van der Waals surface area contributed by atoms with Crippen LogP contribution in [0.4, 0.5) is 4.79 Å². The highest BCUT2D eigenvalue weighted by Crippen LogP contribution is 2.10. The molecule has 0 bridgehead atoms. The van der Waals surface area contributed by atoms with E-state index in [2.05, 4.69) is 34.6 Å². The minimum absolute atomic E-state index is 0.353. The molecule has 0 saturated carbocycles. The molecule has 0 radical (unpaired) electrons. The van der Waals surface area contributed by atoms with Crippen molar-refractivity contribution in [2.75, 3.05) is 13.2 Å². The zero-order chi connectivity index (χ0) is 10.7. The summed E-state index contributed by atoms with van der Waals surface area (Å²) >= 11 is 2.22. The Bertz CT molecular complexity index is 447. The summed E-state index contributed by atoms with van der Waals surface area (Å²) in [6.07, 6.45) is -0.353. The molecule has 0 aliphatic carbocycles. The van der Waals surface area contributed by atoms with Crippen molar-refractivity contribution in [2.45, 2.75) is 0 Å². The topological polar surface area (TPSA) is 29.5 Å². The number of nitrogens with zero attached hydrogens (tertiary/aromatic N) is 1. The molecule has 1 aromatic carbocycles. The Morgan fingerprint density at radius 2 is 2.20 bits per heavy atom. The van der Waals surface area contributed by atoms with Crippen molar-refractivity contribution >= 4 is 28.7 Å². The van der Waals surface area contributed by atoms with Crippen molar-refractivity contribution in [1.29, 1.82) is 0 Å². The van der Waals surface area contributed by atoms with Crippen molar-refractivity contribution in [2.24, 2.45) is 0 Å². The van der Waals surface area contributed by atoms with Crippen molar-refractivity contribution in [3.05, 3.63) is 33.4 Å². The van der Waals surface area contributed by atoms with Crippen LogP contribution in [-0.2, 0) is 4.74 Å². The van der Waals surface area contributed by atoms with E-state index in [9.17, 15) is 4.79 Å². The van der Waals surface area contributed by atoms with Crippen molar-refractivity contribution in [1.82, 2.24) is 4.90 Å². The monoisotopic (exact) mass is 313 g/mol. The molecule has 3 nitrogen and oxygen atoms in total.